The number of fused-ring (bicyclic) bond motifs is 1. The van der Waals surface area contributed by atoms with E-state index in [2.05, 4.69) is 40.6 Å². The molecule has 0 aliphatic carbocycles. The highest BCUT2D eigenvalue weighted by Crippen LogP contribution is 2.32. The van der Waals surface area contributed by atoms with Gasteiger partial charge in [0.15, 0.2) is 0 Å². The molecule has 1 saturated heterocycles. The topological polar surface area (TPSA) is 24.9 Å². The van der Waals surface area contributed by atoms with Crippen LogP contribution in [0.4, 0.5) is 0 Å². The molecule has 1 N–H and O–H groups in total. The number of benzene rings is 1. The number of hydrogen-bond donors (Lipinski definition) is 1. The quantitative estimate of drug-likeness (QED) is 0.878. The molecule has 3 heteroatoms. The van der Waals surface area contributed by atoms with Crippen molar-refractivity contribution in [3.05, 3.63) is 36.5 Å². The van der Waals surface area contributed by atoms with Crippen LogP contribution < -0.4 is 5.32 Å². The molecule has 17 heavy (non-hydrogen) atoms. The van der Waals surface area contributed by atoms with Crippen LogP contribution in [0.5, 0.6) is 0 Å². The van der Waals surface area contributed by atoms with Crippen molar-refractivity contribution in [2.45, 2.75) is 23.1 Å². The van der Waals surface area contributed by atoms with Gasteiger partial charge in [0, 0.05) is 16.8 Å². The summed E-state index contributed by atoms with van der Waals surface area (Å²) in [5, 5.41) is 7.89. The van der Waals surface area contributed by atoms with Crippen molar-refractivity contribution in [2.24, 2.45) is 0 Å². The first kappa shape index (κ1) is 11.1. The maximum absolute atomic E-state index is 4.54. The molecule has 1 aromatic heterocycles. The van der Waals surface area contributed by atoms with E-state index in [1.165, 1.54) is 28.6 Å². The van der Waals surface area contributed by atoms with Crippen LogP contribution in [0.3, 0.4) is 0 Å². The molecule has 0 radical (unpaired) electrons. The average Bonchev–Trinajstić information content (AvgIpc) is 2.40. The number of nitrogens with one attached hydrogen (secondary N) is 1. The maximum atomic E-state index is 4.54. The smallest absolute Gasteiger partial charge is 0.104 e. The Balaban J connectivity index is 1.89. The zero-order valence-corrected chi connectivity index (χ0v) is 10.5. The fourth-order valence-electron chi connectivity index (χ4n) is 2.26. The van der Waals surface area contributed by atoms with Crippen LogP contribution in [0.15, 0.2) is 41.6 Å². The van der Waals surface area contributed by atoms with Crippen LogP contribution in [0.2, 0.25) is 0 Å². The first-order valence-electron chi connectivity index (χ1n) is 6.14. The number of piperidine rings is 1. The second-order valence-corrected chi connectivity index (χ2v) is 5.69. The van der Waals surface area contributed by atoms with Crippen molar-refractivity contribution in [1.29, 1.82) is 0 Å². The Labute approximate surface area is 106 Å². The SMILES string of the molecule is c1ccc2c(SC3CCNCC3)nccc2c1. The minimum absolute atomic E-state index is 0.717. The van der Waals surface area contributed by atoms with Crippen LogP contribution in [0.25, 0.3) is 10.8 Å². The highest BCUT2D eigenvalue weighted by Gasteiger charge is 2.15. The summed E-state index contributed by atoms with van der Waals surface area (Å²) in [6.07, 6.45) is 4.41. The number of thioether (sulfide) groups is 1. The van der Waals surface area contributed by atoms with Gasteiger partial charge >= 0.3 is 0 Å². The van der Waals surface area contributed by atoms with Gasteiger partial charge < -0.3 is 5.32 Å². The van der Waals surface area contributed by atoms with Gasteiger partial charge in [-0.2, -0.15) is 0 Å². The van der Waals surface area contributed by atoms with E-state index in [0.717, 1.165) is 18.3 Å². The molecular weight excluding hydrogens is 228 g/mol. The predicted octanol–water partition coefficient (Wildman–Crippen LogP) is 3.08. The Bertz CT molecular complexity index is 501. The fraction of sp³-hybridized carbons (Fsp3) is 0.357. The number of pyridine rings is 1. The van der Waals surface area contributed by atoms with Crippen molar-refractivity contribution in [2.75, 3.05) is 13.1 Å². The van der Waals surface area contributed by atoms with E-state index < -0.39 is 0 Å². The van der Waals surface area contributed by atoms with Gasteiger partial charge in [0.05, 0.1) is 0 Å². The number of hydrogen-bond acceptors (Lipinski definition) is 3. The Morgan fingerprint density at radius 1 is 1.12 bits per heavy atom. The highest BCUT2D eigenvalue weighted by molar-refractivity contribution is 8.00. The van der Waals surface area contributed by atoms with E-state index in [4.69, 9.17) is 0 Å². The monoisotopic (exact) mass is 244 g/mol. The lowest BCUT2D eigenvalue weighted by molar-refractivity contribution is 0.531. The van der Waals surface area contributed by atoms with Gasteiger partial charge in [0.1, 0.15) is 5.03 Å². The zero-order valence-electron chi connectivity index (χ0n) is 9.73. The van der Waals surface area contributed by atoms with E-state index in [9.17, 15) is 0 Å². The van der Waals surface area contributed by atoms with Crippen LogP contribution in [-0.2, 0) is 0 Å². The summed E-state index contributed by atoms with van der Waals surface area (Å²) in [5.41, 5.74) is 0. The summed E-state index contributed by atoms with van der Waals surface area (Å²) in [4.78, 5) is 4.54. The van der Waals surface area contributed by atoms with Gasteiger partial charge in [-0.15, -0.1) is 11.8 Å². The van der Waals surface area contributed by atoms with E-state index in [0.29, 0.717) is 0 Å². The van der Waals surface area contributed by atoms with Crippen molar-refractivity contribution in [3.8, 4) is 0 Å². The summed E-state index contributed by atoms with van der Waals surface area (Å²) in [6, 6.07) is 10.6. The number of nitrogens with zero attached hydrogens (tertiary/aromatic N) is 1. The highest BCUT2D eigenvalue weighted by atomic mass is 32.2. The molecule has 88 valence electrons. The third kappa shape index (κ3) is 2.45. The van der Waals surface area contributed by atoms with Crippen molar-refractivity contribution in [1.82, 2.24) is 10.3 Å². The Hall–Kier alpha value is -1.06. The van der Waals surface area contributed by atoms with Gasteiger partial charge in [-0.1, -0.05) is 24.3 Å². The molecule has 1 fully saturated rings. The normalized spacial score (nSPS) is 17.4. The van der Waals surface area contributed by atoms with Crippen LogP contribution in [0, 0.1) is 0 Å². The molecular formula is C14H16N2S. The molecule has 2 heterocycles. The summed E-state index contributed by atoms with van der Waals surface area (Å²) >= 11 is 1.94. The molecule has 1 aliphatic rings. The summed E-state index contributed by atoms with van der Waals surface area (Å²) in [5.74, 6) is 0. The third-order valence-corrected chi connectivity index (χ3v) is 4.55. The molecule has 0 spiro atoms. The molecule has 1 aliphatic heterocycles. The average molecular weight is 244 g/mol. The fourth-order valence-corrected chi connectivity index (χ4v) is 3.48. The summed E-state index contributed by atoms with van der Waals surface area (Å²) < 4.78 is 0. The molecule has 3 rings (SSSR count). The van der Waals surface area contributed by atoms with Gasteiger partial charge in [-0.3, -0.25) is 0 Å². The Morgan fingerprint density at radius 3 is 2.82 bits per heavy atom. The van der Waals surface area contributed by atoms with Crippen LogP contribution in [-0.4, -0.2) is 23.3 Å². The van der Waals surface area contributed by atoms with Crippen molar-refractivity contribution >= 4 is 22.5 Å². The first-order valence-corrected chi connectivity index (χ1v) is 7.02. The Morgan fingerprint density at radius 2 is 1.94 bits per heavy atom. The maximum Gasteiger partial charge on any atom is 0.104 e. The molecule has 2 nitrogen and oxygen atoms in total. The molecule has 0 atom stereocenters. The number of aromatic nitrogens is 1. The van der Waals surface area contributed by atoms with E-state index in [-0.39, 0.29) is 0 Å². The second-order valence-electron chi connectivity index (χ2n) is 4.40. The van der Waals surface area contributed by atoms with Crippen molar-refractivity contribution < 1.29 is 0 Å². The van der Waals surface area contributed by atoms with Gasteiger partial charge in [0.25, 0.3) is 0 Å². The lowest BCUT2D eigenvalue weighted by Gasteiger charge is -2.22. The lowest BCUT2D eigenvalue weighted by atomic mass is 10.2. The van der Waals surface area contributed by atoms with Crippen LogP contribution >= 0.6 is 11.8 Å². The van der Waals surface area contributed by atoms with Gasteiger partial charge in [0.2, 0.25) is 0 Å². The molecule has 0 amide bonds. The molecule has 0 unspecified atom stereocenters. The largest absolute Gasteiger partial charge is 0.317 e. The van der Waals surface area contributed by atoms with E-state index >= 15 is 0 Å². The van der Waals surface area contributed by atoms with Crippen LogP contribution in [0.1, 0.15) is 12.8 Å². The number of rotatable bonds is 2. The second kappa shape index (κ2) is 5.07. The standard InChI is InChI=1S/C14H16N2S/c1-2-4-13-11(3-1)5-10-16-14(13)17-12-6-8-15-9-7-12/h1-5,10,12,15H,6-9H2. The minimum atomic E-state index is 0.717. The lowest BCUT2D eigenvalue weighted by Crippen LogP contribution is -2.29. The molecule has 1 aromatic carbocycles. The van der Waals surface area contributed by atoms with Gasteiger partial charge in [-0.05, 0) is 37.4 Å². The summed E-state index contributed by atoms with van der Waals surface area (Å²) in [6.45, 7) is 2.28. The predicted molar refractivity (Wildman–Crippen MR) is 73.5 cm³/mol. The van der Waals surface area contributed by atoms with Gasteiger partial charge in [-0.25, -0.2) is 4.98 Å². The zero-order chi connectivity index (χ0) is 11.5. The molecule has 0 saturated carbocycles. The minimum Gasteiger partial charge on any atom is -0.317 e. The van der Waals surface area contributed by atoms with Crippen molar-refractivity contribution in [3.63, 3.8) is 0 Å². The van der Waals surface area contributed by atoms with E-state index in [1.807, 2.05) is 18.0 Å². The van der Waals surface area contributed by atoms with E-state index in [1.54, 1.807) is 0 Å². The molecule has 0 bridgehead atoms. The Kier molecular flexibility index (Phi) is 3.29. The molecule has 2 aromatic rings. The first-order chi connectivity index (χ1) is 8.43. The summed E-state index contributed by atoms with van der Waals surface area (Å²) in [7, 11) is 0. The third-order valence-electron chi connectivity index (χ3n) is 3.20.